The smallest absolute Gasteiger partial charge is 0.408 e. The number of aromatic nitrogens is 1. The van der Waals surface area contributed by atoms with E-state index in [1.807, 2.05) is 43.4 Å². The van der Waals surface area contributed by atoms with Crippen LogP contribution in [-0.4, -0.2) is 42.1 Å². The minimum absolute atomic E-state index is 0.00647. The predicted octanol–water partition coefficient (Wildman–Crippen LogP) is 3.82. The molecule has 0 bridgehead atoms. The number of fused-ring (bicyclic) bond motifs is 1. The molecule has 6 nitrogen and oxygen atoms in total. The summed E-state index contributed by atoms with van der Waals surface area (Å²) in [6.07, 6.45) is 4.57. The molecule has 2 heterocycles. The van der Waals surface area contributed by atoms with Crippen LogP contribution in [0.3, 0.4) is 0 Å². The first-order valence-corrected chi connectivity index (χ1v) is 9.70. The van der Waals surface area contributed by atoms with Crippen LogP contribution in [0.4, 0.5) is 0 Å². The van der Waals surface area contributed by atoms with Crippen molar-refractivity contribution in [3.63, 3.8) is 0 Å². The van der Waals surface area contributed by atoms with Crippen molar-refractivity contribution in [3.8, 4) is 11.1 Å². The zero-order valence-electron chi connectivity index (χ0n) is 15.9. The summed E-state index contributed by atoms with van der Waals surface area (Å²) >= 11 is 0. The zero-order valence-corrected chi connectivity index (χ0v) is 15.9. The van der Waals surface area contributed by atoms with E-state index in [1.165, 1.54) is 0 Å². The molecule has 1 fully saturated rings. The third kappa shape index (κ3) is 4.02. The molecule has 0 unspecified atom stereocenters. The van der Waals surface area contributed by atoms with Gasteiger partial charge in [-0.05, 0) is 61.1 Å². The van der Waals surface area contributed by atoms with Crippen LogP contribution < -0.4 is 5.76 Å². The average molecular weight is 380 g/mol. The molecule has 0 aliphatic carbocycles. The summed E-state index contributed by atoms with van der Waals surface area (Å²) in [5.41, 5.74) is 3.65. The fraction of sp³-hybridized carbons (Fsp3) is 0.364. The van der Waals surface area contributed by atoms with Crippen LogP contribution in [0.5, 0.6) is 0 Å². The maximum absolute atomic E-state index is 12.8. The van der Waals surface area contributed by atoms with Crippen molar-refractivity contribution < 1.29 is 13.9 Å². The Kier molecular flexibility index (Phi) is 5.30. The number of hydrogen-bond acceptors (Lipinski definition) is 4. The Morgan fingerprint density at radius 1 is 1.21 bits per heavy atom. The molecule has 0 spiro atoms. The van der Waals surface area contributed by atoms with Gasteiger partial charge in [0.25, 0.3) is 5.91 Å². The minimum atomic E-state index is -0.472. The standard InChI is InChI=1S/C22H24N2O4/c1-24(11-3-7-18-8-4-12-27-18)21(25)17-6-2-5-15(13-17)16-9-10-20-19(14-16)23-22(26)28-20/h2,5-6,9-10,13-14,18H,3-4,7-8,11-12H2,1H3,(H,23,26)/t18-/m1/s1. The van der Waals surface area contributed by atoms with E-state index in [1.54, 1.807) is 11.0 Å². The molecule has 1 saturated heterocycles. The largest absolute Gasteiger partial charge is 0.417 e. The summed E-state index contributed by atoms with van der Waals surface area (Å²) < 4.78 is 10.7. The first-order chi connectivity index (χ1) is 13.6. The van der Waals surface area contributed by atoms with Crippen LogP contribution in [0, 0.1) is 0 Å². The molecule has 0 radical (unpaired) electrons. The van der Waals surface area contributed by atoms with Gasteiger partial charge in [0.05, 0.1) is 11.6 Å². The van der Waals surface area contributed by atoms with Gasteiger partial charge >= 0.3 is 5.76 Å². The summed E-state index contributed by atoms with van der Waals surface area (Å²) in [6, 6.07) is 13.1. The van der Waals surface area contributed by atoms with Crippen molar-refractivity contribution in [2.75, 3.05) is 20.2 Å². The molecule has 2 aromatic carbocycles. The molecule has 1 aliphatic heterocycles. The van der Waals surface area contributed by atoms with E-state index < -0.39 is 5.76 Å². The fourth-order valence-corrected chi connectivity index (χ4v) is 3.71. The molecule has 1 N–H and O–H groups in total. The Bertz CT molecular complexity index is 1030. The van der Waals surface area contributed by atoms with Gasteiger partial charge in [-0.2, -0.15) is 0 Å². The third-order valence-electron chi connectivity index (χ3n) is 5.25. The highest BCUT2D eigenvalue weighted by Gasteiger charge is 2.17. The van der Waals surface area contributed by atoms with Crippen molar-refractivity contribution in [2.24, 2.45) is 0 Å². The average Bonchev–Trinajstić information content (AvgIpc) is 3.35. The van der Waals surface area contributed by atoms with Crippen molar-refractivity contribution in [1.82, 2.24) is 9.88 Å². The maximum atomic E-state index is 12.8. The Hall–Kier alpha value is -2.86. The lowest BCUT2D eigenvalue weighted by Gasteiger charge is -2.18. The maximum Gasteiger partial charge on any atom is 0.417 e. The molecule has 1 atom stereocenters. The second-order valence-corrected chi connectivity index (χ2v) is 7.31. The van der Waals surface area contributed by atoms with Gasteiger partial charge in [-0.15, -0.1) is 0 Å². The van der Waals surface area contributed by atoms with E-state index in [0.717, 1.165) is 43.4 Å². The van der Waals surface area contributed by atoms with Gasteiger partial charge in [-0.1, -0.05) is 18.2 Å². The molecule has 0 saturated carbocycles. The molecular weight excluding hydrogens is 356 g/mol. The van der Waals surface area contributed by atoms with Crippen molar-refractivity contribution in [2.45, 2.75) is 31.8 Å². The van der Waals surface area contributed by atoms with Gasteiger partial charge in [0.1, 0.15) is 0 Å². The molecule has 4 rings (SSSR count). The summed E-state index contributed by atoms with van der Waals surface area (Å²) in [5, 5.41) is 0. The Labute approximate surface area is 163 Å². The number of hydrogen-bond donors (Lipinski definition) is 1. The number of H-pyrrole nitrogens is 1. The number of nitrogens with zero attached hydrogens (tertiary/aromatic N) is 1. The van der Waals surface area contributed by atoms with Crippen LogP contribution in [0.2, 0.25) is 0 Å². The normalized spacial score (nSPS) is 16.5. The van der Waals surface area contributed by atoms with Crippen LogP contribution in [0.1, 0.15) is 36.0 Å². The number of benzene rings is 2. The van der Waals surface area contributed by atoms with E-state index in [4.69, 9.17) is 9.15 Å². The highest BCUT2D eigenvalue weighted by atomic mass is 16.5. The number of carbonyl (C=O) groups is 1. The quantitative estimate of drug-likeness (QED) is 0.705. The highest BCUT2D eigenvalue weighted by Crippen LogP contribution is 2.24. The van der Waals surface area contributed by atoms with Gasteiger partial charge < -0.3 is 14.1 Å². The molecule has 146 valence electrons. The molecule has 3 aromatic rings. The second kappa shape index (κ2) is 8.02. The zero-order chi connectivity index (χ0) is 19.5. The number of aromatic amines is 1. The summed E-state index contributed by atoms with van der Waals surface area (Å²) in [6.45, 7) is 1.58. The lowest BCUT2D eigenvalue weighted by molar-refractivity contribution is 0.0763. The van der Waals surface area contributed by atoms with Crippen LogP contribution in [0.15, 0.2) is 51.7 Å². The van der Waals surface area contributed by atoms with Gasteiger partial charge in [0.15, 0.2) is 5.58 Å². The first-order valence-electron chi connectivity index (χ1n) is 9.70. The Morgan fingerprint density at radius 3 is 2.89 bits per heavy atom. The summed E-state index contributed by atoms with van der Waals surface area (Å²) in [4.78, 5) is 28.6. The van der Waals surface area contributed by atoms with Gasteiger partial charge in [0.2, 0.25) is 0 Å². The fourth-order valence-electron chi connectivity index (χ4n) is 3.71. The topological polar surface area (TPSA) is 75.5 Å². The van der Waals surface area contributed by atoms with Crippen LogP contribution in [0.25, 0.3) is 22.2 Å². The lowest BCUT2D eigenvalue weighted by Crippen LogP contribution is -2.28. The van der Waals surface area contributed by atoms with Gasteiger partial charge in [0, 0.05) is 25.8 Å². The number of nitrogens with one attached hydrogen (secondary N) is 1. The summed E-state index contributed by atoms with van der Waals surface area (Å²) in [7, 11) is 1.84. The van der Waals surface area contributed by atoms with Crippen molar-refractivity contribution >= 4 is 17.0 Å². The highest BCUT2D eigenvalue weighted by molar-refractivity contribution is 5.95. The summed E-state index contributed by atoms with van der Waals surface area (Å²) in [5.74, 6) is -0.465. The number of oxazole rings is 1. The predicted molar refractivity (Wildman–Crippen MR) is 107 cm³/mol. The molecule has 6 heteroatoms. The monoisotopic (exact) mass is 380 g/mol. The second-order valence-electron chi connectivity index (χ2n) is 7.31. The number of rotatable bonds is 6. The van der Waals surface area contributed by atoms with Crippen molar-refractivity contribution in [1.29, 1.82) is 0 Å². The van der Waals surface area contributed by atoms with E-state index in [-0.39, 0.29) is 5.91 Å². The lowest BCUT2D eigenvalue weighted by atomic mass is 10.0. The first kappa shape index (κ1) is 18.5. The number of amides is 1. The SMILES string of the molecule is CN(CCC[C@@H]1CCCO1)C(=O)c1cccc(-c2ccc3oc(=O)[nH]c3c2)c1. The minimum Gasteiger partial charge on any atom is -0.408 e. The van der Waals surface area contributed by atoms with Gasteiger partial charge in [-0.25, -0.2) is 4.79 Å². The van der Waals surface area contributed by atoms with Crippen molar-refractivity contribution in [3.05, 3.63) is 58.6 Å². The third-order valence-corrected chi connectivity index (χ3v) is 5.25. The van der Waals surface area contributed by atoms with Crippen LogP contribution >= 0.6 is 0 Å². The molecule has 28 heavy (non-hydrogen) atoms. The van der Waals surface area contributed by atoms with E-state index >= 15 is 0 Å². The number of ether oxygens (including phenoxy) is 1. The molecule has 1 amide bonds. The molecule has 1 aromatic heterocycles. The van der Waals surface area contributed by atoms with E-state index in [2.05, 4.69) is 4.98 Å². The molecule has 1 aliphatic rings. The Balaban J connectivity index is 1.45. The van der Waals surface area contributed by atoms with E-state index in [0.29, 0.717) is 29.3 Å². The van der Waals surface area contributed by atoms with Gasteiger partial charge in [-0.3, -0.25) is 9.78 Å². The number of carbonyl (C=O) groups excluding carboxylic acids is 1. The molecular formula is C22H24N2O4. The van der Waals surface area contributed by atoms with Crippen LogP contribution in [-0.2, 0) is 4.74 Å². The Morgan fingerprint density at radius 2 is 2.07 bits per heavy atom. The van der Waals surface area contributed by atoms with E-state index in [9.17, 15) is 9.59 Å².